The second kappa shape index (κ2) is 7.10. The molecule has 0 saturated carbocycles. The summed E-state index contributed by atoms with van der Waals surface area (Å²) in [4.78, 5) is 0. The average molecular weight is 391 g/mol. The van der Waals surface area contributed by atoms with Gasteiger partial charge < -0.3 is 24.7 Å². The molecule has 4 unspecified atom stereocenters. The quantitative estimate of drug-likeness (QED) is 0.524. The van der Waals surface area contributed by atoms with Crippen molar-refractivity contribution >= 4 is 5.69 Å². The molecule has 2 radical (unpaired) electrons. The van der Waals surface area contributed by atoms with Crippen LogP contribution in [0.1, 0.15) is 22.3 Å². The topological polar surface area (TPSA) is 76.1 Å². The Labute approximate surface area is 171 Å². The van der Waals surface area contributed by atoms with Crippen LogP contribution >= 0.6 is 0 Å². The molecule has 4 saturated heterocycles. The number of hydrogen-bond donors (Lipinski definition) is 1. The molecule has 4 heterocycles. The van der Waals surface area contributed by atoms with Crippen molar-refractivity contribution in [1.29, 1.82) is 0 Å². The molecular formula is C24H25NO4. The van der Waals surface area contributed by atoms with E-state index in [0.29, 0.717) is 12.2 Å². The van der Waals surface area contributed by atoms with Gasteiger partial charge in [-0.05, 0) is 39.4 Å². The van der Waals surface area contributed by atoms with Crippen LogP contribution in [0.2, 0.25) is 0 Å². The van der Waals surface area contributed by atoms with Crippen LogP contribution < -0.4 is 5.73 Å². The van der Waals surface area contributed by atoms with Crippen LogP contribution in [0.5, 0.6) is 0 Å². The van der Waals surface area contributed by atoms with E-state index in [1.165, 1.54) is 22.3 Å². The summed E-state index contributed by atoms with van der Waals surface area (Å²) in [5.74, 6) is 0. The third kappa shape index (κ3) is 4.05. The first-order chi connectivity index (χ1) is 14.2. The van der Waals surface area contributed by atoms with E-state index >= 15 is 0 Å². The van der Waals surface area contributed by atoms with E-state index in [0.717, 1.165) is 68.9 Å². The van der Waals surface area contributed by atoms with Crippen molar-refractivity contribution in [3.05, 3.63) is 52.6 Å². The molecule has 2 aromatic carbocycles. The fourth-order valence-electron chi connectivity index (χ4n) is 4.25. The van der Waals surface area contributed by atoms with Gasteiger partial charge in [0.15, 0.2) is 0 Å². The van der Waals surface area contributed by atoms with Gasteiger partial charge in [0.25, 0.3) is 0 Å². The van der Waals surface area contributed by atoms with Crippen molar-refractivity contribution < 1.29 is 18.9 Å². The van der Waals surface area contributed by atoms with E-state index in [2.05, 4.69) is 18.2 Å². The zero-order chi connectivity index (χ0) is 19.4. The van der Waals surface area contributed by atoms with E-state index in [1.807, 2.05) is 12.1 Å². The maximum absolute atomic E-state index is 6.59. The first-order valence-corrected chi connectivity index (χ1v) is 10.6. The van der Waals surface area contributed by atoms with Crippen LogP contribution in [0.15, 0.2) is 18.2 Å². The highest BCUT2D eigenvalue weighted by molar-refractivity contribution is 5.76. The van der Waals surface area contributed by atoms with E-state index in [4.69, 9.17) is 24.7 Å². The molecule has 0 bridgehead atoms. The van der Waals surface area contributed by atoms with Crippen molar-refractivity contribution in [3.8, 4) is 11.1 Å². The van der Waals surface area contributed by atoms with Crippen LogP contribution in [-0.4, -0.2) is 50.8 Å². The molecule has 5 heteroatoms. The summed E-state index contributed by atoms with van der Waals surface area (Å²) >= 11 is 0. The molecule has 0 amide bonds. The fraction of sp³-hybridized carbons (Fsp3) is 0.500. The molecule has 2 aromatic rings. The monoisotopic (exact) mass is 391 g/mol. The van der Waals surface area contributed by atoms with Crippen LogP contribution in [0, 0.1) is 12.1 Å². The SMILES string of the molecule is Nc1[c]c(-c2[c]cccc2CC2CO2)c(CC2CO2)c(CC2CO2)c1CC1CO1. The van der Waals surface area contributed by atoms with Gasteiger partial charge in [0.1, 0.15) is 0 Å². The largest absolute Gasteiger partial charge is 0.398 e. The highest BCUT2D eigenvalue weighted by atomic mass is 16.6. The summed E-state index contributed by atoms with van der Waals surface area (Å²) in [6.45, 7) is 3.31. The Balaban J connectivity index is 1.48. The average Bonchev–Trinajstić information content (AvgIpc) is 3.52. The zero-order valence-corrected chi connectivity index (χ0v) is 16.4. The van der Waals surface area contributed by atoms with Crippen LogP contribution in [-0.2, 0) is 44.6 Å². The maximum atomic E-state index is 6.59. The standard InChI is InChI=1S/C24H25NO4/c25-24-9-22(19-4-2-1-3-14(19)5-15-10-26-15)20(6-16-11-27-16)21(7-17-12-28-17)23(24)8-18-13-29-18/h1-3,15-18H,5-8,10-13,25H2. The van der Waals surface area contributed by atoms with E-state index in [-0.39, 0.29) is 12.2 Å². The molecule has 0 aliphatic carbocycles. The molecule has 29 heavy (non-hydrogen) atoms. The second-order valence-corrected chi connectivity index (χ2v) is 8.56. The first kappa shape index (κ1) is 17.9. The van der Waals surface area contributed by atoms with Gasteiger partial charge in [-0.3, -0.25) is 0 Å². The normalized spacial score (nSPS) is 29.0. The number of benzene rings is 2. The van der Waals surface area contributed by atoms with Crippen LogP contribution in [0.4, 0.5) is 5.69 Å². The van der Waals surface area contributed by atoms with Gasteiger partial charge >= 0.3 is 0 Å². The Morgan fingerprint density at radius 1 is 0.759 bits per heavy atom. The maximum Gasteiger partial charge on any atom is 0.0851 e. The number of rotatable bonds is 9. The van der Waals surface area contributed by atoms with Crippen molar-refractivity contribution in [2.45, 2.75) is 50.1 Å². The Morgan fingerprint density at radius 3 is 1.93 bits per heavy atom. The molecule has 6 rings (SSSR count). The van der Waals surface area contributed by atoms with Gasteiger partial charge in [-0.1, -0.05) is 18.2 Å². The third-order valence-corrected chi connectivity index (χ3v) is 6.16. The molecular weight excluding hydrogens is 366 g/mol. The lowest BCUT2D eigenvalue weighted by Gasteiger charge is -2.21. The fourth-order valence-corrected chi connectivity index (χ4v) is 4.25. The van der Waals surface area contributed by atoms with E-state index < -0.39 is 0 Å². The van der Waals surface area contributed by atoms with Crippen LogP contribution in [0.25, 0.3) is 11.1 Å². The van der Waals surface area contributed by atoms with Gasteiger partial charge in [-0.2, -0.15) is 0 Å². The van der Waals surface area contributed by atoms with Gasteiger partial charge in [0.05, 0.1) is 50.8 Å². The number of epoxide rings is 4. The molecule has 0 spiro atoms. The highest BCUT2D eigenvalue weighted by Crippen LogP contribution is 2.39. The summed E-state index contributed by atoms with van der Waals surface area (Å²) in [6, 6.07) is 13.2. The lowest BCUT2D eigenvalue weighted by Crippen LogP contribution is -2.13. The predicted octanol–water partition coefficient (Wildman–Crippen LogP) is 2.30. The van der Waals surface area contributed by atoms with Crippen molar-refractivity contribution in [2.75, 3.05) is 32.2 Å². The molecule has 4 aliphatic heterocycles. The minimum atomic E-state index is 0.284. The zero-order valence-electron chi connectivity index (χ0n) is 16.4. The Bertz CT molecular complexity index is 927. The van der Waals surface area contributed by atoms with Crippen molar-refractivity contribution in [1.82, 2.24) is 0 Å². The first-order valence-electron chi connectivity index (χ1n) is 10.6. The lowest BCUT2D eigenvalue weighted by molar-refractivity contribution is 0.398. The van der Waals surface area contributed by atoms with Gasteiger partial charge in [0.2, 0.25) is 0 Å². The van der Waals surface area contributed by atoms with Crippen LogP contribution in [0.3, 0.4) is 0 Å². The van der Waals surface area contributed by atoms with Crippen molar-refractivity contribution in [2.24, 2.45) is 0 Å². The second-order valence-electron chi connectivity index (χ2n) is 8.56. The minimum Gasteiger partial charge on any atom is -0.398 e. The number of ether oxygens (including phenoxy) is 4. The summed E-state index contributed by atoms with van der Waals surface area (Å²) in [5.41, 5.74) is 14.5. The molecule has 2 N–H and O–H groups in total. The van der Waals surface area contributed by atoms with Gasteiger partial charge in [0, 0.05) is 37.4 Å². The molecule has 5 nitrogen and oxygen atoms in total. The van der Waals surface area contributed by atoms with Crippen molar-refractivity contribution in [3.63, 3.8) is 0 Å². The van der Waals surface area contributed by atoms with E-state index in [9.17, 15) is 0 Å². The number of anilines is 1. The number of nitrogens with two attached hydrogens (primary N) is 1. The molecule has 4 aliphatic rings. The predicted molar refractivity (Wildman–Crippen MR) is 108 cm³/mol. The Morgan fingerprint density at radius 2 is 1.31 bits per heavy atom. The Kier molecular flexibility index (Phi) is 4.38. The molecule has 4 fully saturated rings. The molecule has 4 atom stereocenters. The highest BCUT2D eigenvalue weighted by Gasteiger charge is 2.34. The third-order valence-electron chi connectivity index (χ3n) is 6.16. The number of nitrogen functional groups attached to an aromatic ring is 1. The van der Waals surface area contributed by atoms with Gasteiger partial charge in [-0.15, -0.1) is 0 Å². The molecule has 150 valence electrons. The Hall–Kier alpha value is -1.92. The summed E-state index contributed by atoms with van der Waals surface area (Å²) in [5, 5.41) is 0. The molecule has 0 aromatic heterocycles. The number of hydrogen-bond acceptors (Lipinski definition) is 5. The van der Waals surface area contributed by atoms with Gasteiger partial charge in [-0.25, -0.2) is 0 Å². The lowest BCUT2D eigenvalue weighted by atomic mass is 9.83. The summed E-state index contributed by atoms with van der Waals surface area (Å²) in [7, 11) is 0. The smallest absolute Gasteiger partial charge is 0.0851 e. The minimum absolute atomic E-state index is 0.284. The summed E-state index contributed by atoms with van der Waals surface area (Å²) in [6.07, 6.45) is 4.71. The van der Waals surface area contributed by atoms with E-state index in [1.54, 1.807) is 0 Å². The summed E-state index contributed by atoms with van der Waals surface area (Å²) < 4.78 is 22.2.